The van der Waals surface area contributed by atoms with E-state index in [4.69, 9.17) is 5.26 Å². The zero-order valence-electron chi connectivity index (χ0n) is 6.73. The molecule has 94 valence electrons. The average Bonchev–Trinajstić information content (AvgIpc) is 2.01. The van der Waals surface area contributed by atoms with Gasteiger partial charge < -0.3 is 0 Å². The molecule has 16 heavy (non-hydrogen) atoms. The van der Waals surface area contributed by atoms with Gasteiger partial charge in [0.15, 0.2) is 0 Å². The van der Waals surface area contributed by atoms with Crippen LogP contribution < -0.4 is 0 Å². The molecule has 0 bridgehead atoms. The standard InChI is InChI=1S/C4F7NO3S/c5-2(6,3(7,8)9)4(10,11)16(13,14)15-1-12. The number of hydrogen-bond donors (Lipinski definition) is 0. The van der Waals surface area contributed by atoms with E-state index in [0.717, 1.165) is 0 Å². The Morgan fingerprint density at radius 2 is 1.38 bits per heavy atom. The number of halogens is 7. The number of rotatable bonds is 3. The lowest BCUT2D eigenvalue weighted by molar-refractivity contribution is -0.333. The first kappa shape index (κ1) is 14.8. The first-order valence-electron chi connectivity index (χ1n) is 2.95. The largest absolute Gasteiger partial charge is 0.461 e. The smallest absolute Gasteiger partial charge is 0.298 e. The topological polar surface area (TPSA) is 67.2 Å². The molecule has 0 spiro atoms. The highest BCUT2D eigenvalue weighted by molar-refractivity contribution is 7.88. The van der Waals surface area contributed by atoms with Crippen LogP contribution in [0.25, 0.3) is 0 Å². The van der Waals surface area contributed by atoms with Gasteiger partial charge >= 0.3 is 33.7 Å². The van der Waals surface area contributed by atoms with E-state index < -0.39 is 27.5 Å². The highest BCUT2D eigenvalue weighted by Gasteiger charge is 2.80. The third-order valence-corrected chi connectivity index (χ3v) is 2.36. The molecule has 0 atom stereocenters. The molecule has 0 rings (SSSR count). The molecule has 0 aliphatic rings. The molecule has 0 aliphatic heterocycles. The number of nitriles is 1. The van der Waals surface area contributed by atoms with Crippen molar-refractivity contribution >= 4 is 10.1 Å². The zero-order chi connectivity index (χ0) is 13.4. The molecule has 0 aromatic heterocycles. The van der Waals surface area contributed by atoms with Gasteiger partial charge in [-0.25, -0.2) is 0 Å². The second-order valence-electron chi connectivity index (χ2n) is 2.22. The fourth-order valence-corrected chi connectivity index (χ4v) is 1.06. The Labute approximate surface area is 83.3 Å². The maximum Gasteiger partial charge on any atom is 0.461 e. The summed E-state index contributed by atoms with van der Waals surface area (Å²) in [6.45, 7) is 0. The minimum atomic E-state index is -6.88. The summed E-state index contributed by atoms with van der Waals surface area (Å²) in [4.78, 5) is 0. The van der Waals surface area contributed by atoms with Crippen LogP contribution in [0, 0.1) is 11.5 Å². The van der Waals surface area contributed by atoms with Crippen LogP contribution in [0.4, 0.5) is 30.7 Å². The van der Waals surface area contributed by atoms with E-state index in [9.17, 15) is 39.2 Å². The van der Waals surface area contributed by atoms with E-state index in [1.165, 1.54) is 0 Å². The normalized spacial score (nSPS) is 14.4. The van der Waals surface area contributed by atoms with Gasteiger partial charge in [0.05, 0.1) is 0 Å². The Morgan fingerprint density at radius 1 is 1.00 bits per heavy atom. The molecule has 0 aliphatic carbocycles. The number of nitrogens with zero attached hydrogens (tertiary/aromatic N) is 1. The Bertz CT molecular complexity index is 404. The predicted molar refractivity (Wildman–Crippen MR) is 31.6 cm³/mol. The predicted octanol–water partition coefficient (Wildman–Crippen LogP) is 1.60. The molecule has 0 saturated carbocycles. The van der Waals surface area contributed by atoms with Gasteiger partial charge in [-0.2, -0.15) is 39.2 Å². The van der Waals surface area contributed by atoms with E-state index in [2.05, 4.69) is 4.18 Å². The van der Waals surface area contributed by atoms with Crippen molar-refractivity contribution in [2.24, 2.45) is 0 Å². The lowest BCUT2D eigenvalue weighted by Crippen LogP contribution is -2.56. The summed E-state index contributed by atoms with van der Waals surface area (Å²) in [6.07, 6.45) is -6.75. The van der Waals surface area contributed by atoms with Crippen LogP contribution in [-0.4, -0.2) is 25.8 Å². The minimum absolute atomic E-state index is 0.0690. The second-order valence-corrected chi connectivity index (χ2v) is 3.81. The molecule has 0 aromatic rings. The monoisotopic (exact) mass is 275 g/mol. The minimum Gasteiger partial charge on any atom is -0.298 e. The fraction of sp³-hybridized carbons (Fsp3) is 0.750. The third-order valence-electron chi connectivity index (χ3n) is 1.18. The highest BCUT2D eigenvalue weighted by Crippen LogP contribution is 2.49. The average molecular weight is 275 g/mol. The van der Waals surface area contributed by atoms with Crippen molar-refractivity contribution in [3.05, 3.63) is 0 Å². The van der Waals surface area contributed by atoms with Crippen LogP contribution in [0.3, 0.4) is 0 Å². The number of hydrogen-bond acceptors (Lipinski definition) is 4. The van der Waals surface area contributed by atoms with E-state index in [0.29, 0.717) is 0 Å². The first-order chi connectivity index (χ1) is 6.81. The summed E-state index contributed by atoms with van der Waals surface area (Å²) < 4.78 is 106. The maximum atomic E-state index is 12.3. The van der Waals surface area contributed by atoms with Gasteiger partial charge in [0.25, 0.3) is 0 Å². The molecule has 12 heteroatoms. The lowest BCUT2D eigenvalue weighted by Gasteiger charge is -2.25. The summed E-state index contributed by atoms with van der Waals surface area (Å²) in [7, 11) is -6.72. The molecular formula is C4F7NO3S. The van der Waals surface area contributed by atoms with Gasteiger partial charge in [-0.15, -0.1) is 5.26 Å². The molecule has 0 radical (unpaired) electrons. The SMILES string of the molecule is N#COS(=O)(=O)C(F)(F)C(F)(F)C(F)(F)F. The number of alkyl halides is 7. The molecule has 0 saturated heterocycles. The molecule has 0 unspecified atom stereocenters. The van der Waals surface area contributed by atoms with Crippen molar-refractivity contribution in [2.45, 2.75) is 17.4 Å². The highest BCUT2D eigenvalue weighted by atomic mass is 32.2. The van der Waals surface area contributed by atoms with Crippen LogP contribution in [-0.2, 0) is 14.3 Å². The Morgan fingerprint density at radius 3 is 1.62 bits per heavy atom. The van der Waals surface area contributed by atoms with Crippen molar-refractivity contribution < 1.29 is 43.3 Å². The summed E-state index contributed by atoms with van der Waals surface area (Å²) in [5, 5.41) is 0.920. The quantitative estimate of drug-likeness (QED) is 0.446. The van der Waals surface area contributed by atoms with Gasteiger partial charge in [-0.1, -0.05) is 0 Å². The van der Waals surface area contributed by atoms with E-state index in [-0.39, 0.29) is 6.26 Å². The van der Waals surface area contributed by atoms with Gasteiger partial charge in [-0.05, 0) is 0 Å². The third kappa shape index (κ3) is 1.99. The molecular weight excluding hydrogens is 275 g/mol. The van der Waals surface area contributed by atoms with Crippen LogP contribution in [0.5, 0.6) is 0 Å². The van der Waals surface area contributed by atoms with E-state index in [1.807, 2.05) is 0 Å². The van der Waals surface area contributed by atoms with Crippen LogP contribution in [0.2, 0.25) is 0 Å². The van der Waals surface area contributed by atoms with E-state index >= 15 is 0 Å². The maximum absolute atomic E-state index is 12.3. The van der Waals surface area contributed by atoms with Crippen molar-refractivity contribution in [1.29, 1.82) is 5.26 Å². The Kier molecular flexibility index (Phi) is 3.36. The lowest BCUT2D eigenvalue weighted by atomic mass is 10.3. The van der Waals surface area contributed by atoms with Gasteiger partial charge in [-0.3, -0.25) is 4.18 Å². The summed E-state index contributed by atoms with van der Waals surface area (Å²) >= 11 is 0. The summed E-state index contributed by atoms with van der Waals surface area (Å²) in [5.41, 5.74) is 0. The molecule has 0 aromatic carbocycles. The second kappa shape index (κ2) is 3.65. The van der Waals surface area contributed by atoms with Crippen molar-refractivity contribution in [3.63, 3.8) is 0 Å². The van der Waals surface area contributed by atoms with Gasteiger partial charge in [0.1, 0.15) is 0 Å². The molecule has 0 heterocycles. The van der Waals surface area contributed by atoms with Crippen molar-refractivity contribution in [3.8, 4) is 6.26 Å². The Balaban J connectivity index is 5.65. The molecule has 0 fully saturated rings. The summed E-state index contributed by atoms with van der Waals surface area (Å²) in [5.74, 6) is -6.88. The fourth-order valence-electron chi connectivity index (χ4n) is 0.423. The summed E-state index contributed by atoms with van der Waals surface area (Å²) in [6, 6.07) is 0. The first-order valence-corrected chi connectivity index (χ1v) is 4.36. The molecule has 0 N–H and O–H groups in total. The van der Waals surface area contributed by atoms with Crippen molar-refractivity contribution in [1.82, 2.24) is 0 Å². The van der Waals surface area contributed by atoms with Crippen LogP contribution in [0.1, 0.15) is 0 Å². The van der Waals surface area contributed by atoms with Gasteiger partial charge in [0, 0.05) is 0 Å². The van der Waals surface area contributed by atoms with Crippen LogP contribution >= 0.6 is 0 Å². The van der Waals surface area contributed by atoms with Crippen LogP contribution in [0.15, 0.2) is 0 Å². The Hall–Kier alpha value is -1.25. The zero-order valence-corrected chi connectivity index (χ0v) is 7.54. The van der Waals surface area contributed by atoms with Crippen molar-refractivity contribution in [2.75, 3.05) is 0 Å². The molecule has 4 nitrogen and oxygen atoms in total. The van der Waals surface area contributed by atoms with Gasteiger partial charge in [0.2, 0.25) is 0 Å². The van der Waals surface area contributed by atoms with E-state index in [1.54, 1.807) is 0 Å². The molecule has 0 amide bonds.